The number of carbonyl (C=O) groups is 1. The summed E-state index contributed by atoms with van der Waals surface area (Å²) in [7, 11) is 0. The molecule has 0 aromatic heterocycles. The number of carbonyl (C=O) groups excluding carboxylic acids is 1. The molecule has 0 aromatic rings. The van der Waals surface area contributed by atoms with Crippen LogP contribution in [0.15, 0.2) is 0 Å². The van der Waals surface area contributed by atoms with Gasteiger partial charge in [0.2, 0.25) is 0 Å². The highest BCUT2D eigenvalue weighted by molar-refractivity contribution is 6.18. The highest BCUT2D eigenvalue weighted by atomic mass is 35.5. The molecule has 0 rings (SSSR count). The summed E-state index contributed by atoms with van der Waals surface area (Å²) in [6.07, 6.45) is 1.57. The van der Waals surface area contributed by atoms with E-state index in [0.717, 1.165) is 19.4 Å². The first-order valence-corrected chi connectivity index (χ1v) is 5.75. The molecule has 3 heteroatoms. The summed E-state index contributed by atoms with van der Waals surface area (Å²) in [6.45, 7) is 7.28. The second-order valence-electron chi connectivity index (χ2n) is 4.04. The van der Waals surface area contributed by atoms with Gasteiger partial charge in [-0.15, -0.1) is 11.6 Å². The normalized spacial score (nSPS) is 13.2. The molecule has 0 aliphatic rings. The maximum absolute atomic E-state index is 11.1. The van der Waals surface area contributed by atoms with Gasteiger partial charge in [-0.05, 0) is 25.7 Å². The zero-order valence-electron chi connectivity index (χ0n) is 9.38. The van der Waals surface area contributed by atoms with Crippen LogP contribution in [0.4, 0.5) is 0 Å². The zero-order valence-corrected chi connectivity index (χ0v) is 10.1. The Morgan fingerprint density at radius 2 is 2.00 bits per heavy atom. The topological polar surface area (TPSA) is 26.3 Å². The van der Waals surface area contributed by atoms with E-state index in [4.69, 9.17) is 16.3 Å². The molecule has 1 unspecified atom stereocenters. The van der Waals surface area contributed by atoms with Gasteiger partial charge in [0, 0.05) is 25.0 Å². The molecule has 14 heavy (non-hydrogen) atoms. The van der Waals surface area contributed by atoms with Gasteiger partial charge in [-0.2, -0.15) is 0 Å². The number of halogens is 1. The zero-order chi connectivity index (χ0) is 11.0. The Balaban J connectivity index is 3.56. The molecule has 0 amide bonds. The minimum atomic E-state index is 0.0830. The summed E-state index contributed by atoms with van der Waals surface area (Å²) in [4.78, 5) is 11.1. The first-order chi connectivity index (χ1) is 6.57. The first kappa shape index (κ1) is 13.9. The molecule has 0 saturated carbocycles. The van der Waals surface area contributed by atoms with Crippen molar-refractivity contribution in [1.82, 2.24) is 0 Å². The van der Waals surface area contributed by atoms with Crippen LogP contribution in [-0.4, -0.2) is 24.9 Å². The van der Waals surface area contributed by atoms with Gasteiger partial charge in [0.25, 0.3) is 0 Å². The van der Waals surface area contributed by atoms with Crippen LogP contribution in [0.3, 0.4) is 0 Å². The second-order valence-corrected chi connectivity index (χ2v) is 4.42. The van der Waals surface area contributed by atoms with Crippen LogP contribution in [0.1, 0.15) is 33.6 Å². The number of hydrogen-bond acceptors (Lipinski definition) is 2. The largest absolute Gasteiger partial charge is 0.381 e. The molecule has 0 heterocycles. The number of ether oxygens (including phenoxy) is 1. The molecule has 0 aliphatic heterocycles. The molecule has 0 radical (unpaired) electrons. The number of rotatable bonds is 8. The van der Waals surface area contributed by atoms with Crippen LogP contribution in [0.5, 0.6) is 0 Å². The fourth-order valence-electron chi connectivity index (χ4n) is 1.23. The lowest BCUT2D eigenvalue weighted by molar-refractivity contribution is -0.121. The van der Waals surface area contributed by atoms with Crippen molar-refractivity contribution in [3.63, 3.8) is 0 Å². The SMILES string of the molecule is CC(=O)C(CCCl)CCOCC(C)C. The van der Waals surface area contributed by atoms with Gasteiger partial charge >= 0.3 is 0 Å². The van der Waals surface area contributed by atoms with E-state index in [0.29, 0.717) is 18.4 Å². The molecule has 0 aromatic carbocycles. The third-order valence-corrected chi connectivity index (χ3v) is 2.31. The molecule has 0 aliphatic carbocycles. The minimum Gasteiger partial charge on any atom is -0.381 e. The molecule has 84 valence electrons. The predicted molar refractivity (Wildman–Crippen MR) is 59.8 cm³/mol. The van der Waals surface area contributed by atoms with E-state index in [1.165, 1.54) is 0 Å². The lowest BCUT2D eigenvalue weighted by atomic mass is 9.99. The lowest BCUT2D eigenvalue weighted by Gasteiger charge is -2.12. The highest BCUT2D eigenvalue weighted by Crippen LogP contribution is 2.11. The third kappa shape index (κ3) is 7.34. The van der Waals surface area contributed by atoms with Crippen LogP contribution < -0.4 is 0 Å². The first-order valence-electron chi connectivity index (χ1n) is 5.22. The molecule has 0 saturated heterocycles. The molecular formula is C11H21ClO2. The Kier molecular flexibility index (Phi) is 8.20. The maximum atomic E-state index is 11.1. The highest BCUT2D eigenvalue weighted by Gasteiger charge is 2.12. The van der Waals surface area contributed by atoms with Crippen molar-refractivity contribution in [3.05, 3.63) is 0 Å². The smallest absolute Gasteiger partial charge is 0.133 e. The predicted octanol–water partition coefficient (Wildman–Crippen LogP) is 2.88. The number of Topliss-reactive ketones (excluding diaryl/α,β-unsaturated/α-hetero) is 1. The quantitative estimate of drug-likeness (QED) is 0.465. The van der Waals surface area contributed by atoms with Crippen LogP contribution >= 0.6 is 11.6 Å². The molecule has 0 fully saturated rings. The molecule has 0 bridgehead atoms. The van der Waals surface area contributed by atoms with Crippen molar-refractivity contribution in [1.29, 1.82) is 0 Å². The average Bonchev–Trinajstić information content (AvgIpc) is 2.09. The molecule has 0 spiro atoms. The van der Waals surface area contributed by atoms with Crippen molar-refractivity contribution in [2.45, 2.75) is 33.6 Å². The van der Waals surface area contributed by atoms with E-state index >= 15 is 0 Å². The Labute approximate surface area is 92.0 Å². The van der Waals surface area contributed by atoms with E-state index in [1.54, 1.807) is 6.92 Å². The number of alkyl halides is 1. The van der Waals surface area contributed by atoms with E-state index in [2.05, 4.69) is 13.8 Å². The molecule has 2 nitrogen and oxygen atoms in total. The van der Waals surface area contributed by atoms with Crippen molar-refractivity contribution >= 4 is 17.4 Å². The van der Waals surface area contributed by atoms with E-state index < -0.39 is 0 Å². The molecular weight excluding hydrogens is 200 g/mol. The second kappa shape index (κ2) is 8.25. The van der Waals surface area contributed by atoms with Crippen molar-refractivity contribution in [3.8, 4) is 0 Å². The fraction of sp³-hybridized carbons (Fsp3) is 0.909. The number of ketones is 1. The Morgan fingerprint density at radius 1 is 1.36 bits per heavy atom. The lowest BCUT2D eigenvalue weighted by Crippen LogP contribution is -2.15. The van der Waals surface area contributed by atoms with Crippen LogP contribution in [-0.2, 0) is 9.53 Å². The minimum absolute atomic E-state index is 0.0830. The van der Waals surface area contributed by atoms with Crippen LogP contribution in [0.25, 0.3) is 0 Å². The van der Waals surface area contributed by atoms with Crippen molar-refractivity contribution < 1.29 is 9.53 Å². The van der Waals surface area contributed by atoms with Gasteiger partial charge in [0.05, 0.1) is 0 Å². The summed E-state index contributed by atoms with van der Waals surface area (Å²) in [6, 6.07) is 0. The average molecular weight is 221 g/mol. The number of hydrogen-bond donors (Lipinski definition) is 0. The van der Waals surface area contributed by atoms with Gasteiger partial charge in [0.15, 0.2) is 0 Å². The summed E-state index contributed by atoms with van der Waals surface area (Å²) >= 11 is 5.61. The van der Waals surface area contributed by atoms with Crippen LogP contribution in [0.2, 0.25) is 0 Å². The van der Waals surface area contributed by atoms with Gasteiger partial charge in [0.1, 0.15) is 5.78 Å². The van der Waals surface area contributed by atoms with Gasteiger partial charge in [-0.3, -0.25) is 4.79 Å². The monoisotopic (exact) mass is 220 g/mol. The van der Waals surface area contributed by atoms with Crippen molar-refractivity contribution in [2.24, 2.45) is 11.8 Å². The maximum Gasteiger partial charge on any atom is 0.133 e. The van der Waals surface area contributed by atoms with Gasteiger partial charge in [-0.1, -0.05) is 13.8 Å². The third-order valence-electron chi connectivity index (χ3n) is 2.09. The van der Waals surface area contributed by atoms with Gasteiger partial charge in [-0.25, -0.2) is 0 Å². The summed E-state index contributed by atoms with van der Waals surface area (Å²) in [5.74, 6) is 1.41. The van der Waals surface area contributed by atoms with E-state index in [-0.39, 0.29) is 11.7 Å². The Morgan fingerprint density at radius 3 is 2.43 bits per heavy atom. The van der Waals surface area contributed by atoms with E-state index in [9.17, 15) is 4.79 Å². The van der Waals surface area contributed by atoms with Crippen LogP contribution in [0, 0.1) is 11.8 Å². The fourth-order valence-corrected chi connectivity index (χ4v) is 1.49. The van der Waals surface area contributed by atoms with Gasteiger partial charge < -0.3 is 4.74 Å². The standard InChI is InChI=1S/C11H21ClO2/c1-9(2)8-14-7-5-11(4-6-12)10(3)13/h9,11H,4-8H2,1-3H3. The van der Waals surface area contributed by atoms with Crippen molar-refractivity contribution in [2.75, 3.05) is 19.1 Å². The molecule has 0 N–H and O–H groups in total. The summed E-state index contributed by atoms with van der Waals surface area (Å²) in [5, 5.41) is 0. The van der Waals surface area contributed by atoms with E-state index in [1.807, 2.05) is 0 Å². The molecule has 1 atom stereocenters. The Hall–Kier alpha value is -0.0800. The summed E-state index contributed by atoms with van der Waals surface area (Å²) in [5.41, 5.74) is 0. The summed E-state index contributed by atoms with van der Waals surface area (Å²) < 4.78 is 5.43. The Bertz CT molecular complexity index is 157.